The highest BCUT2D eigenvalue weighted by Crippen LogP contribution is 2.29. The molecule has 2 N–H and O–H groups in total. The Balaban J connectivity index is 4.27. The minimum absolute atomic E-state index is 0.0308. The van der Waals surface area contributed by atoms with Gasteiger partial charge in [-0.3, -0.25) is 0 Å². The zero-order valence-corrected chi connectivity index (χ0v) is 9.65. The van der Waals surface area contributed by atoms with Gasteiger partial charge >= 0.3 is 0 Å². The van der Waals surface area contributed by atoms with Gasteiger partial charge < -0.3 is 5.73 Å². The topological polar surface area (TPSA) is 60.2 Å². The van der Waals surface area contributed by atoms with Gasteiger partial charge in [-0.05, 0) is 31.2 Å². The summed E-state index contributed by atoms with van der Waals surface area (Å²) in [6.45, 7) is 4.72. The number of hydrogen-bond donors (Lipinski definition) is 1. The molecule has 0 spiro atoms. The molecule has 0 saturated heterocycles. The summed E-state index contributed by atoms with van der Waals surface area (Å²) >= 11 is 0. The van der Waals surface area contributed by atoms with Gasteiger partial charge in [-0.15, -0.1) is 0 Å². The van der Waals surface area contributed by atoms with Crippen molar-refractivity contribution in [3.63, 3.8) is 0 Å². The number of nitrogens with two attached hydrogens (primary N) is 1. The lowest BCUT2D eigenvalue weighted by molar-refractivity contribution is 0.263. The molecule has 3 nitrogen and oxygen atoms in total. The Kier molecular flexibility index (Phi) is 4.92. The lowest BCUT2D eigenvalue weighted by Gasteiger charge is -2.29. The highest BCUT2D eigenvalue weighted by Gasteiger charge is 2.25. The summed E-state index contributed by atoms with van der Waals surface area (Å²) in [6, 6.07) is 0. The zero-order valence-electron chi connectivity index (χ0n) is 8.84. The van der Waals surface area contributed by atoms with E-state index in [4.69, 9.17) is 5.73 Å². The Morgan fingerprint density at radius 2 is 1.69 bits per heavy atom. The second-order valence-electron chi connectivity index (χ2n) is 3.79. The second-order valence-corrected chi connectivity index (χ2v) is 6.05. The molecule has 0 aliphatic carbocycles. The predicted octanol–water partition coefficient (Wildman–Crippen LogP) is 1.19. The third-order valence-corrected chi connectivity index (χ3v) is 3.88. The summed E-state index contributed by atoms with van der Waals surface area (Å²) < 4.78 is 22.0. The van der Waals surface area contributed by atoms with Crippen molar-refractivity contribution in [3.05, 3.63) is 0 Å². The Hall–Kier alpha value is -0.0900. The van der Waals surface area contributed by atoms with Crippen LogP contribution in [0.3, 0.4) is 0 Å². The first-order valence-corrected chi connectivity index (χ1v) is 6.83. The SMILES string of the molecule is CCC(CC)(CN)CCS(C)(=O)=O. The molecule has 0 aromatic heterocycles. The van der Waals surface area contributed by atoms with Crippen molar-refractivity contribution >= 4 is 9.84 Å². The summed E-state index contributed by atoms with van der Waals surface area (Å²) in [5.74, 6) is 0.256. The maximum absolute atomic E-state index is 11.0. The van der Waals surface area contributed by atoms with E-state index in [9.17, 15) is 8.42 Å². The molecule has 0 aliphatic rings. The summed E-state index contributed by atoms with van der Waals surface area (Å²) in [5, 5.41) is 0. The molecule has 80 valence electrons. The molecule has 0 heterocycles. The van der Waals surface area contributed by atoms with Crippen LogP contribution in [0.5, 0.6) is 0 Å². The van der Waals surface area contributed by atoms with Gasteiger partial charge in [0.2, 0.25) is 0 Å². The van der Waals surface area contributed by atoms with E-state index in [1.165, 1.54) is 6.26 Å². The van der Waals surface area contributed by atoms with Crippen LogP contribution in [0.15, 0.2) is 0 Å². The van der Waals surface area contributed by atoms with E-state index in [1.54, 1.807) is 0 Å². The molecule has 0 amide bonds. The minimum atomic E-state index is -2.84. The van der Waals surface area contributed by atoms with E-state index in [0.29, 0.717) is 13.0 Å². The molecule has 13 heavy (non-hydrogen) atoms. The van der Waals surface area contributed by atoms with E-state index in [0.717, 1.165) is 12.8 Å². The third-order valence-electron chi connectivity index (χ3n) is 2.94. The summed E-state index contributed by atoms with van der Waals surface area (Å²) in [4.78, 5) is 0. The largest absolute Gasteiger partial charge is 0.330 e. The van der Waals surface area contributed by atoms with Gasteiger partial charge in [0.25, 0.3) is 0 Å². The molecule has 0 saturated carbocycles. The van der Waals surface area contributed by atoms with Gasteiger partial charge in [0.1, 0.15) is 9.84 Å². The van der Waals surface area contributed by atoms with Crippen LogP contribution in [0.4, 0.5) is 0 Å². The Labute approximate surface area is 81.6 Å². The van der Waals surface area contributed by atoms with E-state index in [-0.39, 0.29) is 11.2 Å². The van der Waals surface area contributed by atoms with Gasteiger partial charge in [-0.25, -0.2) is 8.42 Å². The van der Waals surface area contributed by atoms with Crippen molar-refractivity contribution in [1.29, 1.82) is 0 Å². The smallest absolute Gasteiger partial charge is 0.147 e. The number of hydrogen-bond acceptors (Lipinski definition) is 3. The van der Waals surface area contributed by atoms with Crippen LogP contribution >= 0.6 is 0 Å². The zero-order chi connectivity index (χ0) is 10.5. The fraction of sp³-hybridized carbons (Fsp3) is 1.00. The van der Waals surface area contributed by atoms with E-state index < -0.39 is 9.84 Å². The minimum Gasteiger partial charge on any atom is -0.330 e. The molecule has 0 fully saturated rings. The Morgan fingerprint density at radius 1 is 1.23 bits per heavy atom. The summed E-state index contributed by atoms with van der Waals surface area (Å²) in [5.41, 5.74) is 5.69. The highest BCUT2D eigenvalue weighted by molar-refractivity contribution is 7.90. The second kappa shape index (κ2) is 4.96. The van der Waals surface area contributed by atoms with Gasteiger partial charge in [0, 0.05) is 6.26 Å². The Bertz CT molecular complexity index is 222. The lowest BCUT2D eigenvalue weighted by atomic mass is 9.80. The van der Waals surface area contributed by atoms with E-state index >= 15 is 0 Å². The lowest BCUT2D eigenvalue weighted by Crippen LogP contribution is -2.31. The van der Waals surface area contributed by atoms with Crippen molar-refractivity contribution in [2.24, 2.45) is 11.1 Å². The van der Waals surface area contributed by atoms with Crippen molar-refractivity contribution in [3.8, 4) is 0 Å². The first-order valence-electron chi connectivity index (χ1n) is 4.77. The first-order chi connectivity index (χ1) is 5.89. The van der Waals surface area contributed by atoms with Crippen LogP contribution in [-0.2, 0) is 9.84 Å². The molecule has 0 rings (SSSR count). The fourth-order valence-electron chi connectivity index (χ4n) is 1.40. The third kappa shape index (κ3) is 4.62. The number of sulfone groups is 1. The van der Waals surface area contributed by atoms with E-state index in [2.05, 4.69) is 13.8 Å². The molecular weight excluding hydrogens is 186 g/mol. The van der Waals surface area contributed by atoms with Crippen LogP contribution in [0, 0.1) is 5.41 Å². The number of rotatable bonds is 6. The van der Waals surface area contributed by atoms with Gasteiger partial charge in [-0.1, -0.05) is 13.8 Å². The van der Waals surface area contributed by atoms with Crippen LogP contribution in [-0.4, -0.2) is 27.0 Å². The molecule has 0 aliphatic heterocycles. The molecule has 4 heteroatoms. The monoisotopic (exact) mass is 207 g/mol. The maximum Gasteiger partial charge on any atom is 0.147 e. The molecule has 0 radical (unpaired) electrons. The molecule has 0 aromatic rings. The molecule has 0 atom stereocenters. The van der Waals surface area contributed by atoms with Crippen molar-refractivity contribution < 1.29 is 8.42 Å². The van der Waals surface area contributed by atoms with Crippen LogP contribution < -0.4 is 5.73 Å². The van der Waals surface area contributed by atoms with Gasteiger partial charge in [0.15, 0.2) is 0 Å². The fourth-order valence-corrected chi connectivity index (χ4v) is 2.20. The predicted molar refractivity (Wildman–Crippen MR) is 56.4 cm³/mol. The van der Waals surface area contributed by atoms with Crippen molar-refractivity contribution in [2.45, 2.75) is 33.1 Å². The van der Waals surface area contributed by atoms with Crippen LogP contribution in [0.2, 0.25) is 0 Å². The van der Waals surface area contributed by atoms with Crippen LogP contribution in [0.25, 0.3) is 0 Å². The molecule has 0 bridgehead atoms. The first kappa shape index (κ1) is 12.9. The highest BCUT2D eigenvalue weighted by atomic mass is 32.2. The molecule has 0 unspecified atom stereocenters. The van der Waals surface area contributed by atoms with Crippen LogP contribution in [0.1, 0.15) is 33.1 Å². The van der Waals surface area contributed by atoms with Crippen molar-refractivity contribution in [1.82, 2.24) is 0 Å². The normalized spacial score (nSPS) is 13.2. The van der Waals surface area contributed by atoms with Gasteiger partial charge in [0.05, 0.1) is 5.75 Å². The maximum atomic E-state index is 11.0. The standard InChI is InChI=1S/C9H21NO2S/c1-4-9(5-2,8-10)6-7-13(3,11)12/h4-8,10H2,1-3H3. The van der Waals surface area contributed by atoms with Gasteiger partial charge in [-0.2, -0.15) is 0 Å². The summed E-state index contributed by atoms with van der Waals surface area (Å²) in [7, 11) is -2.84. The quantitative estimate of drug-likeness (QED) is 0.711. The Morgan fingerprint density at radius 3 is 1.92 bits per heavy atom. The summed E-state index contributed by atoms with van der Waals surface area (Å²) in [6.07, 6.45) is 3.87. The molecule has 0 aromatic carbocycles. The van der Waals surface area contributed by atoms with Crippen molar-refractivity contribution in [2.75, 3.05) is 18.6 Å². The average molecular weight is 207 g/mol. The van der Waals surface area contributed by atoms with E-state index in [1.807, 2.05) is 0 Å². The average Bonchev–Trinajstić information content (AvgIpc) is 2.06. The molecular formula is C9H21NO2S.